The number of carbonyl (C=O) groups is 1. The van der Waals surface area contributed by atoms with Crippen LogP contribution in [0.2, 0.25) is 10.0 Å². The molecule has 0 spiro atoms. The number of hydrogen-bond donors (Lipinski definition) is 1. The molecule has 136 valence electrons. The van der Waals surface area contributed by atoms with Gasteiger partial charge in [0.25, 0.3) is 0 Å². The van der Waals surface area contributed by atoms with Gasteiger partial charge in [-0.2, -0.15) is 5.10 Å². The Hall–Kier alpha value is -1.56. The number of nitrogens with one attached hydrogen (secondary N) is 1. The number of aromatic nitrogens is 2. The summed E-state index contributed by atoms with van der Waals surface area (Å²) in [6.07, 6.45) is 4.11. The van der Waals surface area contributed by atoms with Crippen LogP contribution in [0.4, 0.5) is 0 Å². The zero-order valence-electron chi connectivity index (χ0n) is 14.7. The number of benzene rings is 1. The van der Waals surface area contributed by atoms with Crippen molar-refractivity contribution in [3.05, 3.63) is 52.3 Å². The van der Waals surface area contributed by atoms with Crippen LogP contribution in [0.3, 0.4) is 0 Å². The third kappa shape index (κ3) is 6.34. The fourth-order valence-corrected chi connectivity index (χ4v) is 2.80. The Balaban J connectivity index is 2.03. The Morgan fingerprint density at radius 1 is 1.24 bits per heavy atom. The number of nitrogens with zero attached hydrogens (tertiary/aromatic N) is 3. The average Bonchev–Trinajstić information content (AvgIpc) is 2.96. The van der Waals surface area contributed by atoms with Crippen molar-refractivity contribution in [3.8, 4) is 0 Å². The van der Waals surface area contributed by atoms with Gasteiger partial charge in [0.2, 0.25) is 5.91 Å². The zero-order chi connectivity index (χ0) is 18.4. The van der Waals surface area contributed by atoms with Gasteiger partial charge in [0.15, 0.2) is 0 Å². The maximum absolute atomic E-state index is 12.6. The van der Waals surface area contributed by atoms with Crippen molar-refractivity contribution in [2.45, 2.75) is 25.9 Å². The third-order valence-electron chi connectivity index (χ3n) is 3.96. The number of hydrogen-bond acceptors (Lipinski definition) is 3. The summed E-state index contributed by atoms with van der Waals surface area (Å²) in [7, 11) is 4.04. The first-order valence-corrected chi connectivity index (χ1v) is 8.99. The molecule has 0 saturated heterocycles. The maximum atomic E-state index is 12.6. The highest BCUT2D eigenvalue weighted by atomic mass is 35.5. The van der Waals surface area contributed by atoms with Crippen molar-refractivity contribution in [2.24, 2.45) is 5.92 Å². The second-order valence-electron chi connectivity index (χ2n) is 6.49. The average molecular weight is 383 g/mol. The van der Waals surface area contributed by atoms with Gasteiger partial charge in [-0.05, 0) is 44.8 Å². The lowest BCUT2D eigenvalue weighted by Crippen LogP contribution is -2.36. The molecule has 0 saturated carbocycles. The standard InChI is InChI=1S/C18H24Cl2N4O/c1-13(11-24-12-16(20)10-21-24)18(25)22-17(8-9-23(2)3)14-4-6-15(19)7-5-14/h4-7,10,12-13,17H,8-9,11H2,1-3H3,(H,22,25). The topological polar surface area (TPSA) is 50.2 Å². The van der Waals surface area contributed by atoms with E-state index in [4.69, 9.17) is 23.2 Å². The van der Waals surface area contributed by atoms with Gasteiger partial charge in [0.1, 0.15) is 0 Å². The normalized spacial score (nSPS) is 13.7. The Bertz CT molecular complexity index is 685. The van der Waals surface area contributed by atoms with E-state index in [1.165, 1.54) is 0 Å². The lowest BCUT2D eigenvalue weighted by molar-refractivity contribution is -0.125. The van der Waals surface area contributed by atoms with Crippen LogP contribution >= 0.6 is 23.2 Å². The smallest absolute Gasteiger partial charge is 0.225 e. The molecule has 1 N–H and O–H groups in total. The highest BCUT2D eigenvalue weighted by Crippen LogP contribution is 2.20. The van der Waals surface area contributed by atoms with Crippen LogP contribution in [-0.4, -0.2) is 41.2 Å². The van der Waals surface area contributed by atoms with Gasteiger partial charge >= 0.3 is 0 Å². The van der Waals surface area contributed by atoms with Crippen molar-refractivity contribution >= 4 is 29.1 Å². The van der Waals surface area contributed by atoms with E-state index in [9.17, 15) is 4.79 Å². The van der Waals surface area contributed by atoms with Gasteiger partial charge in [-0.3, -0.25) is 9.48 Å². The summed E-state index contributed by atoms with van der Waals surface area (Å²) in [5.41, 5.74) is 1.05. The van der Waals surface area contributed by atoms with Crippen molar-refractivity contribution in [1.82, 2.24) is 20.0 Å². The molecule has 7 heteroatoms. The molecule has 2 rings (SSSR count). The van der Waals surface area contributed by atoms with Crippen LogP contribution < -0.4 is 5.32 Å². The maximum Gasteiger partial charge on any atom is 0.225 e. The van der Waals surface area contributed by atoms with E-state index in [0.29, 0.717) is 16.6 Å². The van der Waals surface area contributed by atoms with E-state index in [2.05, 4.69) is 15.3 Å². The molecule has 0 aliphatic rings. The van der Waals surface area contributed by atoms with Gasteiger partial charge in [-0.25, -0.2) is 0 Å². The van der Waals surface area contributed by atoms with Crippen LogP contribution in [0.15, 0.2) is 36.7 Å². The minimum Gasteiger partial charge on any atom is -0.349 e. The molecule has 0 aliphatic carbocycles. The van der Waals surface area contributed by atoms with Gasteiger partial charge in [-0.1, -0.05) is 42.3 Å². The molecule has 2 atom stereocenters. The quantitative estimate of drug-likeness (QED) is 0.757. The molecular formula is C18H24Cl2N4O. The number of rotatable bonds is 8. The first kappa shape index (κ1) is 19.8. The van der Waals surface area contributed by atoms with Crippen LogP contribution in [0.5, 0.6) is 0 Å². The summed E-state index contributed by atoms with van der Waals surface area (Å²) < 4.78 is 1.68. The highest BCUT2D eigenvalue weighted by molar-refractivity contribution is 6.30. The third-order valence-corrected chi connectivity index (χ3v) is 4.41. The molecule has 1 aromatic carbocycles. The Labute approximate surface area is 158 Å². The summed E-state index contributed by atoms with van der Waals surface area (Å²) in [4.78, 5) is 14.7. The summed E-state index contributed by atoms with van der Waals surface area (Å²) in [5, 5.41) is 8.53. The predicted octanol–water partition coefficient (Wildman–Crippen LogP) is 3.64. The molecular weight excluding hydrogens is 359 g/mol. The Morgan fingerprint density at radius 3 is 2.48 bits per heavy atom. The molecule has 0 bridgehead atoms. The lowest BCUT2D eigenvalue weighted by Gasteiger charge is -2.23. The first-order valence-electron chi connectivity index (χ1n) is 8.23. The minimum absolute atomic E-state index is 0.00896. The van der Waals surface area contributed by atoms with E-state index in [1.807, 2.05) is 45.3 Å². The van der Waals surface area contributed by atoms with Gasteiger partial charge in [0, 0.05) is 11.2 Å². The molecule has 25 heavy (non-hydrogen) atoms. The van der Waals surface area contributed by atoms with Crippen LogP contribution in [0.25, 0.3) is 0 Å². The van der Waals surface area contributed by atoms with Crippen LogP contribution in [-0.2, 0) is 11.3 Å². The van der Waals surface area contributed by atoms with Crippen LogP contribution in [0, 0.1) is 5.92 Å². The van der Waals surface area contributed by atoms with Crippen LogP contribution in [0.1, 0.15) is 24.9 Å². The van der Waals surface area contributed by atoms with Gasteiger partial charge < -0.3 is 10.2 Å². The summed E-state index contributed by atoms with van der Waals surface area (Å²) in [5.74, 6) is -0.226. The fraction of sp³-hybridized carbons (Fsp3) is 0.444. The molecule has 1 aromatic heterocycles. The largest absolute Gasteiger partial charge is 0.349 e. The van der Waals surface area contributed by atoms with Crippen molar-refractivity contribution in [3.63, 3.8) is 0 Å². The zero-order valence-corrected chi connectivity index (χ0v) is 16.3. The first-order chi connectivity index (χ1) is 11.8. The van der Waals surface area contributed by atoms with Crippen molar-refractivity contribution < 1.29 is 4.79 Å². The minimum atomic E-state index is -0.217. The van der Waals surface area contributed by atoms with E-state index in [-0.39, 0.29) is 17.9 Å². The monoisotopic (exact) mass is 382 g/mol. The Kier molecular flexibility index (Phi) is 7.29. The molecule has 5 nitrogen and oxygen atoms in total. The molecule has 0 fully saturated rings. The number of amides is 1. The van der Waals surface area contributed by atoms with E-state index < -0.39 is 0 Å². The fourth-order valence-electron chi connectivity index (χ4n) is 2.52. The van der Waals surface area contributed by atoms with E-state index in [1.54, 1.807) is 17.1 Å². The SMILES string of the molecule is CC(Cn1cc(Cl)cn1)C(=O)NC(CCN(C)C)c1ccc(Cl)cc1. The lowest BCUT2D eigenvalue weighted by atomic mass is 10.0. The van der Waals surface area contributed by atoms with Crippen molar-refractivity contribution in [1.29, 1.82) is 0 Å². The molecule has 2 unspecified atom stereocenters. The highest BCUT2D eigenvalue weighted by Gasteiger charge is 2.20. The molecule has 2 aromatic rings. The van der Waals surface area contributed by atoms with E-state index >= 15 is 0 Å². The summed E-state index contributed by atoms with van der Waals surface area (Å²) in [6, 6.07) is 7.56. The van der Waals surface area contributed by atoms with Crippen molar-refractivity contribution in [2.75, 3.05) is 20.6 Å². The number of halogens is 2. The molecule has 1 heterocycles. The predicted molar refractivity (Wildman–Crippen MR) is 102 cm³/mol. The number of carbonyl (C=O) groups excluding carboxylic acids is 1. The molecule has 1 amide bonds. The van der Waals surface area contributed by atoms with Gasteiger partial charge in [0.05, 0.1) is 29.7 Å². The second kappa shape index (κ2) is 9.22. The summed E-state index contributed by atoms with van der Waals surface area (Å²) in [6.45, 7) is 3.24. The second-order valence-corrected chi connectivity index (χ2v) is 7.36. The van der Waals surface area contributed by atoms with Gasteiger partial charge in [-0.15, -0.1) is 0 Å². The molecule has 0 aliphatic heterocycles. The Morgan fingerprint density at radius 2 is 1.92 bits per heavy atom. The van der Waals surface area contributed by atoms with E-state index in [0.717, 1.165) is 18.5 Å². The summed E-state index contributed by atoms with van der Waals surface area (Å²) >= 11 is 11.8. The molecule has 0 radical (unpaired) electrons.